The molecule has 0 aromatic heterocycles. The molecule has 0 saturated heterocycles. The number of nitrogens with one attached hydrogen (secondary N) is 1. The predicted molar refractivity (Wildman–Crippen MR) is 90.6 cm³/mol. The number of hydrogen-bond acceptors (Lipinski definition) is 1. The van der Waals surface area contributed by atoms with Gasteiger partial charge in [0.1, 0.15) is 0 Å². The van der Waals surface area contributed by atoms with Gasteiger partial charge in [0.15, 0.2) is 0 Å². The van der Waals surface area contributed by atoms with Crippen molar-refractivity contribution < 1.29 is 0 Å². The maximum Gasteiger partial charge on any atom is 0.0374 e. The van der Waals surface area contributed by atoms with E-state index in [1.54, 1.807) is 5.56 Å². The SMILES string of the molecule is CCNC(c1ccc(C2CCC2)cc1)C1(C)CCCCC1. The fourth-order valence-corrected chi connectivity index (χ4v) is 4.32. The summed E-state index contributed by atoms with van der Waals surface area (Å²) < 4.78 is 0. The van der Waals surface area contributed by atoms with Gasteiger partial charge in [-0.1, -0.05) is 63.8 Å². The highest BCUT2D eigenvalue weighted by molar-refractivity contribution is 5.29. The van der Waals surface area contributed by atoms with Crippen molar-refractivity contribution in [3.63, 3.8) is 0 Å². The van der Waals surface area contributed by atoms with Crippen LogP contribution in [0.5, 0.6) is 0 Å². The van der Waals surface area contributed by atoms with E-state index in [2.05, 4.69) is 43.4 Å². The van der Waals surface area contributed by atoms with Crippen LogP contribution in [-0.4, -0.2) is 6.54 Å². The summed E-state index contributed by atoms with van der Waals surface area (Å²) in [5.41, 5.74) is 3.50. The highest BCUT2D eigenvalue weighted by atomic mass is 14.9. The van der Waals surface area contributed by atoms with Gasteiger partial charge in [0.05, 0.1) is 0 Å². The molecular weight excluding hydrogens is 254 g/mol. The molecule has 0 spiro atoms. The molecule has 2 fully saturated rings. The molecular formula is C20H31N. The number of rotatable bonds is 5. The lowest BCUT2D eigenvalue weighted by Gasteiger charge is -2.41. The second-order valence-electron chi connectivity index (χ2n) is 7.50. The summed E-state index contributed by atoms with van der Waals surface area (Å²) in [6, 6.07) is 10.1. The fraction of sp³-hybridized carbons (Fsp3) is 0.700. The van der Waals surface area contributed by atoms with Crippen molar-refractivity contribution in [2.75, 3.05) is 6.54 Å². The predicted octanol–water partition coefficient (Wildman–Crippen LogP) is 5.58. The summed E-state index contributed by atoms with van der Waals surface area (Å²) in [5.74, 6) is 0.849. The topological polar surface area (TPSA) is 12.0 Å². The van der Waals surface area contributed by atoms with E-state index < -0.39 is 0 Å². The van der Waals surface area contributed by atoms with Crippen LogP contribution in [0.25, 0.3) is 0 Å². The molecule has 1 aromatic carbocycles. The first kappa shape index (κ1) is 15.1. The van der Waals surface area contributed by atoms with Gasteiger partial charge >= 0.3 is 0 Å². The summed E-state index contributed by atoms with van der Waals surface area (Å²) in [6.07, 6.45) is 11.2. The maximum atomic E-state index is 3.79. The third-order valence-electron chi connectivity index (χ3n) is 5.95. The van der Waals surface area contributed by atoms with Gasteiger partial charge in [-0.25, -0.2) is 0 Å². The Morgan fingerprint density at radius 1 is 1.05 bits per heavy atom. The molecule has 1 nitrogen and oxygen atoms in total. The van der Waals surface area contributed by atoms with Crippen LogP contribution >= 0.6 is 0 Å². The molecule has 1 unspecified atom stereocenters. The molecule has 2 aliphatic rings. The molecule has 116 valence electrons. The van der Waals surface area contributed by atoms with Crippen molar-refractivity contribution in [3.05, 3.63) is 35.4 Å². The monoisotopic (exact) mass is 285 g/mol. The third kappa shape index (κ3) is 3.18. The fourth-order valence-electron chi connectivity index (χ4n) is 4.32. The van der Waals surface area contributed by atoms with E-state index in [9.17, 15) is 0 Å². The maximum absolute atomic E-state index is 3.79. The van der Waals surface area contributed by atoms with Gasteiger partial charge in [-0.05, 0) is 54.7 Å². The van der Waals surface area contributed by atoms with Crippen LogP contribution in [0.1, 0.15) is 88.3 Å². The molecule has 21 heavy (non-hydrogen) atoms. The van der Waals surface area contributed by atoms with E-state index >= 15 is 0 Å². The lowest BCUT2D eigenvalue weighted by molar-refractivity contribution is 0.146. The van der Waals surface area contributed by atoms with E-state index in [-0.39, 0.29) is 0 Å². The molecule has 0 amide bonds. The van der Waals surface area contributed by atoms with E-state index in [4.69, 9.17) is 0 Å². The van der Waals surface area contributed by atoms with Crippen molar-refractivity contribution in [1.82, 2.24) is 5.32 Å². The van der Waals surface area contributed by atoms with Crippen LogP contribution in [0.15, 0.2) is 24.3 Å². The Balaban J connectivity index is 1.79. The Kier molecular flexibility index (Phi) is 4.69. The summed E-state index contributed by atoms with van der Waals surface area (Å²) in [7, 11) is 0. The van der Waals surface area contributed by atoms with Crippen molar-refractivity contribution in [3.8, 4) is 0 Å². The van der Waals surface area contributed by atoms with Crippen molar-refractivity contribution in [1.29, 1.82) is 0 Å². The zero-order valence-electron chi connectivity index (χ0n) is 13.8. The normalized spacial score (nSPS) is 23.5. The molecule has 2 aliphatic carbocycles. The van der Waals surface area contributed by atoms with Gasteiger partial charge in [0, 0.05) is 6.04 Å². The third-order valence-corrected chi connectivity index (χ3v) is 5.95. The number of benzene rings is 1. The largest absolute Gasteiger partial charge is 0.310 e. The molecule has 0 radical (unpaired) electrons. The minimum Gasteiger partial charge on any atom is -0.310 e. The van der Waals surface area contributed by atoms with E-state index in [0.29, 0.717) is 11.5 Å². The van der Waals surface area contributed by atoms with Crippen LogP contribution in [0.3, 0.4) is 0 Å². The molecule has 2 saturated carbocycles. The summed E-state index contributed by atoms with van der Waals surface area (Å²) >= 11 is 0. The zero-order chi connectivity index (χ0) is 14.7. The van der Waals surface area contributed by atoms with Crippen LogP contribution in [0.2, 0.25) is 0 Å². The molecule has 1 aromatic rings. The van der Waals surface area contributed by atoms with E-state index in [1.165, 1.54) is 56.9 Å². The molecule has 0 heterocycles. The minimum atomic E-state index is 0.437. The molecule has 1 heteroatoms. The zero-order valence-corrected chi connectivity index (χ0v) is 13.8. The molecule has 1 N–H and O–H groups in total. The molecule has 0 bridgehead atoms. The Labute approximate surface area is 130 Å². The Hall–Kier alpha value is -0.820. The first-order chi connectivity index (χ1) is 10.2. The average molecular weight is 285 g/mol. The summed E-state index contributed by atoms with van der Waals surface area (Å²) in [4.78, 5) is 0. The van der Waals surface area contributed by atoms with Crippen molar-refractivity contribution in [2.24, 2.45) is 5.41 Å². The van der Waals surface area contributed by atoms with Gasteiger partial charge in [-0.3, -0.25) is 0 Å². The highest BCUT2D eigenvalue weighted by Gasteiger charge is 2.35. The standard InChI is InChI=1S/C20H31N/c1-3-21-19(20(2)14-5-4-6-15-20)18-12-10-17(11-13-18)16-8-7-9-16/h10-13,16,19,21H,3-9,14-15H2,1-2H3. The Morgan fingerprint density at radius 3 is 2.24 bits per heavy atom. The van der Waals surface area contributed by atoms with Gasteiger partial charge in [-0.2, -0.15) is 0 Å². The number of hydrogen-bond donors (Lipinski definition) is 1. The molecule has 3 rings (SSSR count). The molecule has 1 atom stereocenters. The second kappa shape index (κ2) is 6.52. The Bertz CT molecular complexity index is 437. The molecule has 0 aliphatic heterocycles. The lowest BCUT2D eigenvalue weighted by Crippen LogP contribution is -2.37. The van der Waals surface area contributed by atoms with Crippen molar-refractivity contribution in [2.45, 2.75) is 77.2 Å². The van der Waals surface area contributed by atoms with E-state index in [0.717, 1.165) is 12.5 Å². The van der Waals surface area contributed by atoms with Crippen LogP contribution in [0, 0.1) is 5.41 Å². The smallest absolute Gasteiger partial charge is 0.0374 e. The highest BCUT2D eigenvalue weighted by Crippen LogP contribution is 2.46. The average Bonchev–Trinajstić information content (AvgIpc) is 2.45. The van der Waals surface area contributed by atoms with Crippen LogP contribution in [0.4, 0.5) is 0 Å². The van der Waals surface area contributed by atoms with Gasteiger partial charge in [-0.15, -0.1) is 0 Å². The second-order valence-corrected chi connectivity index (χ2v) is 7.50. The Morgan fingerprint density at radius 2 is 1.71 bits per heavy atom. The van der Waals surface area contributed by atoms with Gasteiger partial charge in [0.25, 0.3) is 0 Å². The van der Waals surface area contributed by atoms with E-state index in [1.807, 2.05) is 0 Å². The first-order valence-electron chi connectivity index (χ1n) is 9.06. The van der Waals surface area contributed by atoms with Gasteiger partial charge < -0.3 is 5.32 Å². The quantitative estimate of drug-likeness (QED) is 0.745. The summed E-state index contributed by atoms with van der Waals surface area (Å²) in [6.45, 7) is 5.80. The van der Waals surface area contributed by atoms with Crippen LogP contribution < -0.4 is 5.32 Å². The lowest BCUT2D eigenvalue weighted by atomic mass is 9.68. The van der Waals surface area contributed by atoms with Gasteiger partial charge in [0.2, 0.25) is 0 Å². The minimum absolute atomic E-state index is 0.437. The summed E-state index contributed by atoms with van der Waals surface area (Å²) in [5, 5.41) is 3.79. The van der Waals surface area contributed by atoms with Crippen molar-refractivity contribution >= 4 is 0 Å². The van der Waals surface area contributed by atoms with Crippen LogP contribution in [-0.2, 0) is 0 Å². The first-order valence-corrected chi connectivity index (χ1v) is 9.06.